The van der Waals surface area contributed by atoms with E-state index in [-0.39, 0.29) is 12.4 Å². The minimum atomic E-state index is -0.738. The average molecular weight is 189 g/mol. The van der Waals surface area contributed by atoms with Crippen molar-refractivity contribution in [2.24, 2.45) is 4.99 Å². The van der Waals surface area contributed by atoms with Crippen LogP contribution in [0.3, 0.4) is 0 Å². The van der Waals surface area contributed by atoms with Crippen LogP contribution in [0.2, 0.25) is 0 Å². The van der Waals surface area contributed by atoms with Crippen LogP contribution in [-0.4, -0.2) is 29.6 Å². The Hall–Kier alpha value is -1.13. The molecule has 0 fully saturated rings. The Morgan fingerprint density at radius 1 is 1.58 bits per heavy atom. The van der Waals surface area contributed by atoms with E-state index in [1.54, 1.807) is 6.92 Å². The molecule has 0 saturated carbocycles. The van der Waals surface area contributed by atoms with Gasteiger partial charge in [-0.15, -0.1) is 4.99 Å². The zero-order valence-corrected chi connectivity index (χ0v) is 7.22. The molecule has 0 rings (SSSR count). The van der Waals surface area contributed by atoms with Crippen LogP contribution in [0.4, 0.5) is 4.79 Å². The van der Waals surface area contributed by atoms with Crippen molar-refractivity contribution in [3.8, 4) is 0 Å². The Labute approximate surface area is 73.2 Å². The van der Waals surface area contributed by atoms with E-state index >= 15 is 0 Å². The fraction of sp³-hybridized carbons (Fsp3) is 0.500. The van der Waals surface area contributed by atoms with Crippen LogP contribution in [0.1, 0.15) is 6.92 Å². The Morgan fingerprint density at radius 2 is 2.25 bits per heavy atom. The van der Waals surface area contributed by atoms with E-state index in [2.05, 4.69) is 9.73 Å². The first-order valence-corrected chi connectivity index (χ1v) is 4.09. The van der Waals surface area contributed by atoms with Crippen LogP contribution in [0.25, 0.3) is 0 Å². The van der Waals surface area contributed by atoms with Gasteiger partial charge < -0.3 is 4.74 Å². The maximum atomic E-state index is 10.6. The number of nitrogens with zero attached hydrogens (tertiary/aromatic N) is 1. The smallest absolute Gasteiger partial charge is 0.316 e. The lowest BCUT2D eigenvalue weighted by molar-refractivity contribution is -0.139. The largest absolute Gasteiger partial charge is 0.465 e. The Bertz CT molecular complexity index is 222. The number of carbonyl (C=O) groups excluding carboxylic acids is 3. The van der Waals surface area contributed by atoms with Crippen molar-refractivity contribution < 1.29 is 19.1 Å². The summed E-state index contributed by atoms with van der Waals surface area (Å²) in [5, 5.41) is -0.738. The molecule has 0 aliphatic carbocycles. The first-order chi connectivity index (χ1) is 5.70. The second-order valence-corrected chi connectivity index (χ2v) is 2.49. The lowest BCUT2D eigenvalue weighted by Crippen LogP contribution is -2.07. The molecule has 0 atom stereocenters. The predicted molar refractivity (Wildman–Crippen MR) is 42.6 cm³/mol. The average Bonchev–Trinajstić information content (AvgIpc) is 2.02. The first-order valence-electron chi connectivity index (χ1n) is 3.11. The van der Waals surface area contributed by atoms with Crippen LogP contribution in [0.15, 0.2) is 4.99 Å². The van der Waals surface area contributed by atoms with Gasteiger partial charge in [0.2, 0.25) is 6.08 Å². The SMILES string of the molecule is CCOC(=O)CSC(=O)N=C=O. The molecule has 6 heteroatoms. The minimum Gasteiger partial charge on any atom is -0.465 e. The molecule has 0 aliphatic rings. The van der Waals surface area contributed by atoms with Gasteiger partial charge in [-0.2, -0.15) is 0 Å². The van der Waals surface area contributed by atoms with Gasteiger partial charge in [0.15, 0.2) is 0 Å². The Kier molecular flexibility index (Phi) is 5.95. The Morgan fingerprint density at radius 3 is 2.75 bits per heavy atom. The van der Waals surface area contributed by atoms with Gasteiger partial charge in [0, 0.05) is 0 Å². The summed E-state index contributed by atoms with van der Waals surface area (Å²) in [6.07, 6.45) is 1.08. The molecule has 0 N–H and O–H groups in total. The first kappa shape index (κ1) is 10.9. The van der Waals surface area contributed by atoms with E-state index in [4.69, 9.17) is 0 Å². The molecule has 0 radical (unpaired) electrons. The third-order valence-electron chi connectivity index (χ3n) is 0.756. The second-order valence-electron chi connectivity index (χ2n) is 1.56. The van der Waals surface area contributed by atoms with Gasteiger partial charge >= 0.3 is 11.2 Å². The van der Waals surface area contributed by atoms with E-state index in [1.807, 2.05) is 0 Å². The van der Waals surface area contributed by atoms with Crippen molar-refractivity contribution in [3.05, 3.63) is 0 Å². The minimum absolute atomic E-state index is 0.127. The highest BCUT2D eigenvalue weighted by atomic mass is 32.2. The lowest BCUT2D eigenvalue weighted by atomic mass is 10.8. The van der Waals surface area contributed by atoms with Crippen LogP contribution in [-0.2, 0) is 14.3 Å². The summed E-state index contributed by atoms with van der Waals surface area (Å²) in [6.45, 7) is 1.93. The number of thioether (sulfide) groups is 1. The van der Waals surface area contributed by atoms with Crippen LogP contribution in [0, 0.1) is 0 Å². The number of rotatable bonds is 3. The standard InChI is InChI=1S/C6H7NO4S/c1-2-11-5(9)3-12-6(10)7-4-8/h2-3H2,1H3. The summed E-state index contributed by atoms with van der Waals surface area (Å²) in [4.78, 5) is 33.4. The molecule has 0 unspecified atom stereocenters. The van der Waals surface area contributed by atoms with Gasteiger partial charge in [0.25, 0.3) is 0 Å². The molecule has 0 aromatic carbocycles. The number of isocyanates is 1. The number of amides is 1. The Balaban J connectivity index is 3.61. The van der Waals surface area contributed by atoms with E-state index < -0.39 is 11.2 Å². The van der Waals surface area contributed by atoms with E-state index in [0.717, 1.165) is 6.08 Å². The molecule has 1 amide bonds. The van der Waals surface area contributed by atoms with Crippen molar-refractivity contribution >= 4 is 29.1 Å². The van der Waals surface area contributed by atoms with Gasteiger partial charge in [0.1, 0.15) is 5.75 Å². The summed E-state index contributed by atoms with van der Waals surface area (Å²) >= 11 is 0.606. The molecule has 0 aromatic heterocycles. The predicted octanol–water partition coefficient (Wildman–Crippen LogP) is 0.739. The van der Waals surface area contributed by atoms with Gasteiger partial charge in [0.05, 0.1) is 6.61 Å². The number of aliphatic imine (C=N–C) groups is 1. The van der Waals surface area contributed by atoms with E-state index in [9.17, 15) is 14.4 Å². The van der Waals surface area contributed by atoms with Crippen LogP contribution < -0.4 is 0 Å². The van der Waals surface area contributed by atoms with Gasteiger partial charge in [-0.05, 0) is 6.92 Å². The van der Waals surface area contributed by atoms with Crippen molar-refractivity contribution in [2.75, 3.05) is 12.4 Å². The van der Waals surface area contributed by atoms with Gasteiger partial charge in [-0.3, -0.25) is 9.59 Å². The summed E-state index contributed by atoms with van der Waals surface area (Å²) in [6, 6.07) is 0. The van der Waals surface area contributed by atoms with Crippen molar-refractivity contribution in [2.45, 2.75) is 6.92 Å². The molecule has 12 heavy (non-hydrogen) atoms. The fourth-order valence-corrected chi connectivity index (χ4v) is 0.819. The molecule has 66 valence electrons. The van der Waals surface area contributed by atoms with Crippen LogP contribution >= 0.6 is 11.8 Å². The fourth-order valence-electron chi connectivity index (χ4n) is 0.393. The molecule has 0 heterocycles. The maximum Gasteiger partial charge on any atom is 0.316 e. The summed E-state index contributed by atoms with van der Waals surface area (Å²) in [5.41, 5.74) is 0. The third-order valence-corrected chi connectivity index (χ3v) is 1.47. The van der Waals surface area contributed by atoms with E-state index in [0.29, 0.717) is 11.8 Å². The number of hydrogen-bond donors (Lipinski definition) is 0. The molecule has 0 aliphatic heterocycles. The zero-order valence-electron chi connectivity index (χ0n) is 6.40. The third kappa shape index (κ3) is 5.64. The molecule has 0 aromatic rings. The number of hydrogen-bond acceptors (Lipinski definition) is 5. The molecular weight excluding hydrogens is 182 g/mol. The van der Waals surface area contributed by atoms with Crippen molar-refractivity contribution in [1.82, 2.24) is 0 Å². The highest BCUT2D eigenvalue weighted by Gasteiger charge is 2.06. The summed E-state index contributed by atoms with van der Waals surface area (Å²) in [5.74, 6) is -0.630. The number of esters is 1. The molecule has 0 bridgehead atoms. The van der Waals surface area contributed by atoms with Gasteiger partial charge in [-0.25, -0.2) is 4.79 Å². The molecule has 0 saturated heterocycles. The molecule has 5 nitrogen and oxygen atoms in total. The monoisotopic (exact) mass is 189 g/mol. The van der Waals surface area contributed by atoms with Gasteiger partial charge in [-0.1, -0.05) is 11.8 Å². The number of ether oxygens (including phenoxy) is 1. The maximum absolute atomic E-state index is 10.6. The zero-order chi connectivity index (χ0) is 9.40. The highest BCUT2D eigenvalue weighted by Crippen LogP contribution is 2.04. The summed E-state index contributed by atoms with van der Waals surface area (Å²) in [7, 11) is 0. The van der Waals surface area contributed by atoms with Crippen molar-refractivity contribution in [1.29, 1.82) is 0 Å². The lowest BCUT2D eigenvalue weighted by Gasteiger charge is -1.97. The van der Waals surface area contributed by atoms with Crippen LogP contribution in [0.5, 0.6) is 0 Å². The van der Waals surface area contributed by atoms with Crippen molar-refractivity contribution in [3.63, 3.8) is 0 Å². The van der Waals surface area contributed by atoms with E-state index in [1.165, 1.54) is 0 Å². The normalized spacial score (nSPS) is 8.42. The molecular formula is C6H7NO4S. The molecule has 0 spiro atoms. The number of carbonyl (C=O) groups is 2. The highest BCUT2D eigenvalue weighted by molar-refractivity contribution is 8.14. The topological polar surface area (TPSA) is 72.8 Å². The quantitative estimate of drug-likeness (QED) is 0.372. The second kappa shape index (κ2) is 6.57. The summed E-state index contributed by atoms with van der Waals surface area (Å²) < 4.78 is 4.52.